The minimum Gasteiger partial charge on any atom is -0.489 e. The summed E-state index contributed by atoms with van der Waals surface area (Å²) in [5, 5.41) is 18.5. The van der Waals surface area contributed by atoms with Crippen LogP contribution in [0.15, 0.2) is 60.7 Å². The van der Waals surface area contributed by atoms with Gasteiger partial charge in [-0.05, 0) is 73.1 Å². The lowest BCUT2D eigenvalue weighted by molar-refractivity contribution is -0.0591. The van der Waals surface area contributed by atoms with Gasteiger partial charge in [-0.1, -0.05) is 12.1 Å². The van der Waals surface area contributed by atoms with Gasteiger partial charge in [0.05, 0.1) is 40.9 Å². The fourth-order valence-corrected chi connectivity index (χ4v) is 6.51. The first-order valence-corrected chi connectivity index (χ1v) is 14.4. The van der Waals surface area contributed by atoms with E-state index in [4.69, 9.17) is 19.7 Å². The standard InChI is InChI=1S/C33H31FN4O4/c34-28-12-21(17-35)4-5-23(28)20-42-26-3-1-2-25(14-26)37-10-9-33(15-24(33)18-37)16-31-36-29-7-6-22(32(39)40)13-30(29)38(31)19-27-8-11-41-27/h1-7,12-14,24,27H,8-11,15-16,18-20H2,(H,39,40)/t24-,27-,33-/m0/s1. The predicted molar refractivity (Wildman–Crippen MR) is 154 cm³/mol. The van der Waals surface area contributed by atoms with Crippen LogP contribution in [0.1, 0.15) is 46.6 Å². The Hall–Kier alpha value is -4.42. The zero-order valence-electron chi connectivity index (χ0n) is 23.1. The molecule has 214 valence electrons. The number of carboxylic acid groups (broad SMARTS) is 1. The van der Waals surface area contributed by atoms with Gasteiger partial charge in [-0.3, -0.25) is 0 Å². The molecule has 3 aromatic carbocycles. The number of carboxylic acids is 1. The number of hydrogen-bond donors (Lipinski definition) is 1. The maximum Gasteiger partial charge on any atom is 0.335 e. The number of nitriles is 1. The molecule has 1 aliphatic carbocycles. The number of ether oxygens (including phenoxy) is 2. The highest BCUT2D eigenvalue weighted by atomic mass is 19.1. The topological polar surface area (TPSA) is 101 Å². The molecule has 3 aliphatic rings. The smallest absolute Gasteiger partial charge is 0.335 e. The van der Waals surface area contributed by atoms with Crippen molar-refractivity contribution in [1.29, 1.82) is 5.26 Å². The highest BCUT2D eigenvalue weighted by Gasteiger charge is 2.56. The van der Waals surface area contributed by atoms with Gasteiger partial charge in [0.15, 0.2) is 0 Å². The van der Waals surface area contributed by atoms with Gasteiger partial charge in [0.1, 0.15) is 24.0 Å². The number of rotatable bonds is 9. The second-order valence-electron chi connectivity index (χ2n) is 11.8. The molecular formula is C33H31FN4O4. The second kappa shape index (κ2) is 10.4. The van der Waals surface area contributed by atoms with Crippen molar-refractivity contribution in [3.63, 3.8) is 0 Å². The summed E-state index contributed by atoms with van der Waals surface area (Å²) in [5.74, 6) is 0.866. The Morgan fingerprint density at radius 3 is 2.83 bits per heavy atom. The fraction of sp³-hybridized carbons (Fsp3) is 0.364. The van der Waals surface area contributed by atoms with Crippen molar-refractivity contribution in [2.45, 2.75) is 44.9 Å². The normalized spacial score (nSPS) is 22.7. The molecule has 3 atom stereocenters. The van der Waals surface area contributed by atoms with Gasteiger partial charge in [0, 0.05) is 43.4 Å². The molecule has 0 bridgehead atoms. The highest BCUT2D eigenvalue weighted by molar-refractivity contribution is 5.92. The predicted octanol–water partition coefficient (Wildman–Crippen LogP) is 5.57. The van der Waals surface area contributed by atoms with Gasteiger partial charge < -0.3 is 24.0 Å². The van der Waals surface area contributed by atoms with Gasteiger partial charge in [-0.2, -0.15) is 5.26 Å². The van der Waals surface area contributed by atoms with E-state index >= 15 is 0 Å². The summed E-state index contributed by atoms with van der Waals surface area (Å²) in [5.41, 5.74) is 3.96. The number of piperidine rings is 1. The third kappa shape index (κ3) is 4.96. The molecule has 8 nitrogen and oxygen atoms in total. The van der Waals surface area contributed by atoms with E-state index in [2.05, 4.69) is 15.5 Å². The van der Waals surface area contributed by atoms with Crippen molar-refractivity contribution in [2.75, 3.05) is 24.6 Å². The third-order valence-electron chi connectivity index (χ3n) is 9.20. The van der Waals surface area contributed by atoms with Gasteiger partial charge in [-0.15, -0.1) is 0 Å². The van der Waals surface area contributed by atoms with Crippen LogP contribution in [-0.2, 0) is 24.3 Å². The van der Waals surface area contributed by atoms with Crippen LogP contribution in [0.4, 0.5) is 10.1 Å². The Labute approximate surface area is 242 Å². The Balaban J connectivity index is 1.04. The molecule has 1 N–H and O–H groups in total. The summed E-state index contributed by atoms with van der Waals surface area (Å²) < 4.78 is 28.1. The van der Waals surface area contributed by atoms with Gasteiger partial charge in [0.2, 0.25) is 0 Å². The van der Waals surface area contributed by atoms with Crippen LogP contribution in [0.5, 0.6) is 5.75 Å². The minimum absolute atomic E-state index is 0.0909. The summed E-state index contributed by atoms with van der Waals surface area (Å²) in [6.45, 7) is 3.42. The van der Waals surface area contributed by atoms with Crippen molar-refractivity contribution in [1.82, 2.24) is 9.55 Å². The van der Waals surface area contributed by atoms with Crippen molar-refractivity contribution in [3.8, 4) is 11.8 Å². The van der Waals surface area contributed by atoms with Crippen LogP contribution >= 0.6 is 0 Å². The average Bonchev–Trinajstić information content (AvgIpc) is 3.59. The first kappa shape index (κ1) is 26.5. The number of imidazole rings is 1. The number of benzene rings is 3. The zero-order chi connectivity index (χ0) is 28.8. The van der Waals surface area contributed by atoms with E-state index in [1.807, 2.05) is 30.3 Å². The quantitative estimate of drug-likeness (QED) is 0.283. The van der Waals surface area contributed by atoms with Crippen LogP contribution in [-0.4, -0.2) is 46.4 Å². The molecule has 1 aromatic heterocycles. The lowest BCUT2D eigenvalue weighted by atomic mass is 9.91. The number of aromatic carboxylic acids is 1. The Bertz CT molecular complexity index is 1730. The first-order chi connectivity index (χ1) is 20.4. The molecule has 3 heterocycles. The summed E-state index contributed by atoms with van der Waals surface area (Å²) in [6.07, 6.45) is 4.20. The van der Waals surface area contributed by atoms with Gasteiger partial charge >= 0.3 is 5.97 Å². The SMILES string of the molecule is N#Cc1ccc(COc2cccc(N3CC[C@@]4(Cc5nc6ccc(C(=O)O)cc6n5C[C@@H]5CCO5)C[C@H]4C3)c2)c(F)c1. The number of aromatic nitrogens is 2. The Morgan fingerprint density at radius 2 is 2.10 bits per heavy atom. The number of anilines is 1. The van der Waals surface area contributed by atoms with Crippen molar-refractivity contribution in [3.05, 3.63) is 89.0 Å². The molecule has 9 heteroatoms. The molecule has 4 aromatic rings. The second-order valence-corrected chi connectivity index (χ2v) is 11.8. The largest absolute Gasteiger partial charge is 0.489 e. The number of nitrogens with zero attached hydrogens (tertiary/aromatic N) is 4. The lowest BCUT2D eigenvalue weighted by Gasteiger charge is -2.34. The van der Waals surface area contributed by atoms with Crippen LogP contribution in [0.25, 0.3) is 11.0 Å². The number of carbonyl (C=O) groups is 1. The molecule has 0 amide bonds. The molecular weight excluding hydrogens is 535 g/mol. The van der Waals surface area contributed by atoms with Crippen molar-refractivity contribution < 1.29 is 23.8 Å². The first-order valence-electron chi connectivity index (χ1n) is 14.4. The van der Waals surface area contributed by atoms with Crippen LogP contribution in [0, 0.1) is 28.5 Å². The minimum atomic E-state index is -0.935. The van der Waals surface area contributed by atoms with E-state index in [0.717, 1.165) is 67.9 Å². The molecule has 1 saturated carbocycles. The van der Waals surface area contributed by atoms with E-state index in [0.29, 0.717) is 23.8 Å². The molecule has 0 spiro atoms. The van der Waals surface area contributed by atoms with Gasteiger partial charge in [0.25, 0.3) is 0 Å². The van der Waals surface area contributed by atoms with E-state index < -0.39 is 11.8 Å². The van der Waals surface area contributed by atoms with E-state index in [-0.39, 0.29) is 29.3 Å². The molecule has 0 unspecified atom stereocenters. The molecule has 7 rings (SSSR count). The third-order valence-corrected chi connectivity index (χ3v) is 9.20. The highest BCUT2D eigenvalue weighted by Crippen LogP contribution is 2.60. The summed E-state index contributed by atoms with van der Waals surface area (Å²) in [4.78, 5) is 19.0. The average molecular weight is 567 g/mol. The Morgan fingerprint density at radius 1 is 1.21 bits per heavy atom. The Kier molecular flexibility index (Phi) is 6.59. The van der Waals surface area contributed by atoms with Crippen LogP contribution in [0.2, 0.25) is 0 Å². The monoisotopic (exact) mass is 566 g/mol. The van der Waals surface area contributed by atoms with E-state index in [1.165, 1.54) is 6.07 Å². The number of hydrogen-bond acceptors (Lipinski definition) is 6. The molecule has 42 heavy (non-hydrogen) atoms. The van der Waals surface area contributed by atoms with Crippen LogP contribution < -0.4 is 9.64 Å². The maximum absolute atomic E-state index is 14.3. The van der Waals surface area contributed by atoms with Crippen molar-refractivity contribution in [2.24, 2.45) is 11.3 Å². The van der Waals surface area contributed by atoms with Crippen LogP contribution in [0.3, 0.4) is 0 Å². The molecule has 2 aliphatic heterocycles. The van der Waals surface area contributed by atoms with E-state index in [1.54, 1.807) is 24.3 Å². The zero-order valence-corrected chi connectivity index (χ0v) is 23.1. The molecule has 3 fully saturated rings. The molecule has 2 saturated heterocycles. The summed E-state index contributed by atoms with van der Waals surface area (Å²) >= 11 is 0. The maximum atomic E-state index is 14.3. The fourth-order valence-electron chi connectivity index (χ4n) is 6.51. The summed E-state index contributed by atoms with van der Waals surface area (Å²) in [6, 6.07) is 19.5. The summed E-state index contributed by atoms with van der Waals surface area (Å²) in [7, 11) is 0. The number of fused-ring (bicyclic) bond motifs is 2. The van der Waals surface area contributed by atoms with Crippen molar-refractivity contribution >= 4 is 22.7 Å². The lowest BCUT2D eigenvalue weighted by Crippen LogP contribution is -2.36. The number of halogens is 1. The van der Waals surface area contributed by atoms with Gasteiger partial charge in [-0.25, -0.2) is 14.2 Å². The molecule has 0 radical (unpaired) electrons. The van der Waals surface area contributed by atoms with E-state index in [9.17, 15) is 14.3 Å².